The maximum absolute atomic E-state index is 4.40. The molecule has 0 atom stereocenters. The fraction of sp³-hybridized carbons (Fsp3) is 0.222. The van der Waals surface area contributed by atoms with Gasteiger partial charge in [-0.3, -0.25) is 0 Å². The molecular weight excluding hydrogens is 281 g/mol. The predicted octanol–water partition coefficient (Wildman–Crippen LogP) is 3.54. The fourth-order valence-electron chi connectivity index (χ4n) is 1.17. The number of hydrogen-bond acceptors (Lipinski definition) is 2. The zero-order valence-corrected chi connectivity index (χ0v) is 9.65. The number of thiazole rings is 1. The third kappa shape index (κ3) is 1.47. The van der Waals surface area contributed by atoms with Crippen LogP contribution in [0.5, 0.6) is 0 Å². The van der Waals surface area contributed by atoms with Crippen molar-refractivity contribution in [2.24, 2.45) is 0 Å². The van der Waals surface area contributed by atoms with Crippen LogP contribution in [0.15, 0.2) is 18.2 Å². The first-order chi connectivity index (χ1) is 5.79. The van der Waals surface area contributed by atoms with Crippen molar-refractivity contribution < 1.29 is 0 Å². The van der Waals surface area contributed by atoms with E-state index in [0.29, 0.717) is 0 Å². The lowest BCUT2D eigenvalue weighted by Crippen LogP contribution is -1.74. The van der Waals surface area contributed by atoms with E-state index < -0.39 is 0 Å². The fourth-order valence-corrected chi connectivity index (χ4v) is 2.53. The van der Waals surface area contributed by atoms with Gasteiger partial charge in [-0.05, 0) is 24.6 Å². The van der Waals surface area contributed by atoms with Gasteiger partial charge in [-0.2, -0.15) is 0 Å². The number of rotatable bonds is 1. The van der Waals surface area contributed by atoms with Crippen LogP contribution in [-0.4, -0.2) is 4.98 Å². The van der Waals surface area contributed by atoms with Gasteiger partial charge in [-0.1, -0.05) is 28.7 Å². The molecule has 0 fully saturated rings. The summed E-state index contributed by atoms with van der Waals surface area (Å²) in [5.74, 6) is 0. The normalized spacial score (nSPS) is 10.8. The van der Waals surface area contributed by atoms with Crippen molar-refractivity contribution in [3.8, 4) is 0 Å². The molecule has 0 saturated heterocycles. The topological polar surface area (TPSA) is 12.9 Å². The summed E-state index contributed by atoms with van der Waals surface area (Å²) in [5.41, 5.74) is 2.51. The van der Waals surface area contributed by atoms with Gasteiger partial charge < -0.3 is 0 Å². The summed E-state index contributed by atoms with van der Waals surface area (Å²) < 4.78 is 2.38. The number of halogens is 1. The van der Waals surface area contributed by atoms with E-state index in [0.717, 1.165) is 15.0 Å². The van der Waals surface area contributed by atoms with E-state index in [4.69, 9.17) is 0 Å². The summed E-state index contributed by atoms with van der Waals surface area (Å²) in [4.78, 5) is 4.40. The van der Waals surface area contributed by atoms with Crippen LogP contribution >= 0.6 is 33.9 Å². The Balaban J connectivity index is 2.66. The molecule has 0 amide bonds. The van der Waals surface area contributed by atoms with Gasteiger partial charge in [0.15, 0.2) is 0 Å². The van der Waals surface area contributed by atoms with Crippen LogP contribution in [0.4, 0.5) is 0 Å². The molecular formula is C9H8INS. The monoisotopic (exact) mass is 289 g/mol. The van der Waals surface area contributed by atoms with Gasteiger partial charge in [-0.25, -0.2) is 4.98 Å². The van der Waals surface area contributed by atoms with Crippen LogP contribution < -0.4 is 0 Å². The summed E-state index contributed by atoms with van der Waals surface area (Å²) in [7, 11) is 0. The molecule has 0 unspecified atom stereocenters. The minimum atomic E-state index is 1.07. The van der Waals surface area contributed by atoms with Gasteiger partial charge in [-0.15, -0.1) is 11.3 Å². The molecule has 1 aromatic carbocycles. The highest BCUT2D eigenvalue weighted by atomic mass is 127. The van der Waals surface area contributed by atoms with Crippen molar-refractivity contribution in [1.29, 1.82) is 0 Å². The van der Waals surface area contributed by atoms with Crippen molar-refractivity contribution in [3.63, 3.8) is 0 Å². The van der Waals surface area contributed by atoms with Gasteiger partial charge in [0.05, 0.1) is 15.2 Å². The first-order valence-corrected chi connectivity index (χ1v) is 6.06. The Morgan fingerprint density at radius 2 is 2.33 bits per heavy atom. The number of benzene rings is 1. The van der Waals surface area contributed by atoms with E-state index in [2.05, 4.69) is 45.8 Å². The highest BCUT2D eigenvalue weighted by Gasteiger charge is 1.99. The van der Waals surface area contributed by atoms with Gasteiger partial charge in [0.2, 0.25) is 0 Å². The zero-order valence-electron chi connectivity index (χ0n) is 6.67. The number of alkyl halides is 1. The molecule has 0 N–H and O–H groups in total. The molecule has 0 aliphatic heterocycles. The van der Waals surface area contributed by atoms with Gasteiger partial charge in [0, 0.05) is 4.43 Å². The zero-order chi connectivity index (χ0) is 8.55. The Labute approximate surface area is 89.0 Å². The molecule has 62 valence electrons. The average molecular weight is 289 g/mol. The highest BCUT2D eigenvalue weighted by molar-refractivity contribution is 14.1. The summed E-state index contributed by atoms with van der Waals surface area (Å²) in [5, 5.41) is 1.15. The Kier molecular flexibility index (Phi) is 2.32. The number of nitrogens with zero attached hydrogens (tertiary/aromatic N) is 1. The molecule has 0 spiro atoms. The Morgan fingerprint density at radius 1 is 1.50 bits per heavy atom. The molecule has 0 saturated carbocycles. The predicted molar refractivity (Wildman–Crippen MR) is 62.1 cm³/mol. The molecule has 0 aliphatic rings. The average Bonchev–Trinajstić information content (AvgIpc) is 2.43. The van der Waals surface area contributed by atoms with E-state index in [1.165, 1.54) is 10.3 Å². The minimum absolute atomic E-state index is 1.07. The molecule has 1 heterocycles. The van der Waals surface area contributed by atoms with Crippen LogP contribution in [0.2, 0.25) is 0 Å². The molecule has 3 heteroatoms. The quantitative estimate of drug-likeness (QED) is 0.578. The summed E-state index contributed by atoms with van der Waals surface area (Å²) >= 11 is 4.14. The Bertz CT molecular complexity index is 408. The van der Waals surface area contributed by atoms with Gasteiger partial charge in [0.25, 0.3) is 0 Å². The standard InChI is InChI=1S/C9H8INS/c1-6-11-8-3-2-7(5-10)4-9(8)12-6/h2-4H,5H2,1H3. The third-order valence-corrected chi connectivity index (χ3v) is 3.53. The Morgan fingerprint density at radius 3 is 3.08 bits per heavy atom. The molecule has 2 rings (SSSR count). The summed E-state index contributed by atoms with van der Waals surface area (Å²) in [6.45, 7) is 2.05. The lowest BCUT2D eigenvalue weighted by atomic mass is 10.2. The molecule has 2 aromatic rings. The van der Waals surface area contributed by atoms with E-state index in [1.807, 2.05) is 6.92 Å². The molecule has 12 heavy (non-hydrogen) atoms. The molecule has 0 aliphatic carbocycles. The van der Waals surface area contributed by atoms with Crippen LogP contribution in [0.3, 0.4) is 0 Å². The first kappa shape index (κ1) is 8.44. The second kappa shape index (κ2) is 3.30. The minimum Gasteiger partial charge on any atom is -0.242 e. The van der Waals surface area contributed by atoms with E-state index >= 15 is 0 Å². The summed E-state index contributed by atoms with van der Waals surface area (Å²) in [6.07, 6.45) is 0. The van der Waals surface area contributed by atoms with E-state index in [-0.39, 0.29) is 0 Å². The van der Waals surface area contributed by atoms with Crippen LogP contribution in [0.25, 0.3) is 10.2 Å². The molecule has 0 bridgehead atoms. The van der Waals surface area contributed by atoms with Crippen LogP contribution in [0.1, 0.15) is 10.6 Å². The lowest BCUT2D eigenvalue weighted by molar-refractivity contribution is 1.34. The number of hydrogen-bond donors (Lipinski definition) is 0. The third-order valence-electron chi connectivity index (χ3n) is 1.71. The van der Waals surface area contributed by atoms with Crippen LogP contribution in [0, 0.1) is 6.92 Å². The van der Waals surface area contributed by atoms with Crippen molar-refractivity contribution in [1.82, 2.24) is 4.98 Å². The highest BCUT2D eigenvalue weighted by Crippen LogP contribution is 2.23. The SMILES string of the molecule is Cc1nc2ccc(CI)cc2s1. The number of aromatic nitrogens is 1. The molecule has 0 radical (unpaired) electrons. The van der Waals surface area contributed by atoms with E-state index in [9.17, 15) is 0 Å². The molecule has 1 nitrogen and oxygen atoms in total. The Hall–Kier alpha value is -0.160. The maximum atomic E-state index is 4.40. The maximum Gasteiger partial charge on any atom is 0.0907 e. The number of fused-ring (bicyclic) bond motifs is 1. The van der Waals surface area contributed by atoms with E-state index in [1.54, 1.807) is 11.3 Å². The summed E-state index contributed by atoms with van der Waals surface area (Å²) in [6, 6.07) is 6.48. The van der Waals surface area contributed by atoms with Gasteiger partial charge in [0.1, 0.15) is 0 Å². The van der Waals surface area contributed by atoms with Crippen molar-refractivity contribution >= 4 is 44.1 Å². The second-order valence-corrected chi connectivity index (χ2v) is 4.67. The molecule has 1 aromatic heterocycles. The van der Waals surface area contributed by atoms with Gasteiger partial charge >= 0.3 is 0 Å². The van der Waals surface area contributed by atoms with Crippen molar-refractivity contribution in [3.05, 3.63) is 28.8 Å². The second-order valence-electron chi connectivity index (χ2n) is 2.67. The van der Waals surface area contributed by atoms with Crippen molar-refractivity contribution in [2.75, 3.05) is 0 Å². The van der Waals surface area contributed by atoms with Crippen molar-refractivity contribution in [2.45, 2.75) is 11.4 Å². The largest absolute Gasteiger partial charge is 0.242 e. The number of aryl methyl sites for hydroxylation is 1. The smallest absolute Gasteiger partial charge is 0.0907 e. The van der Waals surface area contributed by atoms with Crippen LogP contribution in [-0.2, 0) is 4.43 Å². The first-order valence-electron chi connectivity index (χ1n) is 3.71. The lowest BCUT2D eigenvalue weighted by Gasteiger charge is -1.92.